The van der Waals surface area contributed by atoms with Gasteiger partial charge in [0.1, 0.15) is 0 Å². The summed E-state index contributed by atoms with van der Waals surface area (Å²) >= 11 is 0. The first-order chi connectivity index (χ1) is 8.09. The molecule has 0 unspecified atom stereocenters. The average Bonchev–Trinajstić information content (AvgIpc) is 2.30. The highest BCUT2D eigenvalue weighted by atomic mass is 32.2. The van der Waals surface area contributed by atoms with E-state index in [0.717, 1.165) is 12.8 Å². The first kappa shape index (κ1) is 12.4. The van der Waals surface area contributed by atoms with Crippen molar-refractivity contribution < 1.29 is 13.2 Å². The second-order valence-electron chi connectivity index (χ2n) is 4.37. The zero-order valence-electron chi connectivity index (χ0n) is 9.63. The van der Waals surface area contributed by atoms with Gasteiger partial charge < -0.3 is 10.5 Å². The molecule has 2 N–H and O–H groups in total. The van der Waals surface area contributed by atoms with Crippen LogP contribution in [0, 0.1) is 5.92 Å². The van der Waals surface area contributed by atoms with Crippen LogP contribution in [-0.2, 0) is 14.6 Å². The van der Waals surface area contributed by atoms with Crippen LogP contribution < -0.4 is 5.73 Å². The lowest BCUT2D eigenvalue weighted by Crippen LogP contribution is -2.24. The van der Waals surface area contributed by atoms with Crippen molar-refractivity contribution in [1.29, 1.82) is 0 Å². The number of hydrogen-bond acceptors (Lipinski definition) is 4. The van der Waals surface area contributed by atoms with Crippen LogP contribution in [0.3, 0.4) is 0 Å². The molecule has 0 spiro atoms. The minimum Gasteiger partial charge on any atom is -0.398 e. The molecular weight excluding hydrogens is 238 g/mol. The second kappa shape index (κ2) is 5.06. The summed E-state index contributed by atoms with van der Waals surface area (Å²) in [6, 6.07) is 6.64. The van der Waals surface area contributed by atoms with Crippen molar-refractivity contribution in [2.75, 3.05) is 24.7 Å². The Bertz CT molecular complexity index is 478. The number of sulfone groups is 1. The standard InChI is InChI=1S/C12H17NO3S/c13-11-3-1-2-4-12(11)17(14,15)9-10-5-7-16-8-6-10/h1-4,10H,5-9,13H2. The van der Waals surface area contributed by atoms with Crippen molar-refractivity contribution in [1.82, 2.24) is 0 Å². The second-order valence-corrected chi connectivity index (χ2v) is 6.38. The Balaban J connectivity index is 2.16. The number of hydrogen-bond donors (Lipinski definition) is 1. The van der Waals surface area contributed by atoms with Crippen LogP contribution in [0.1, 0.15) is 12.8 Å². The van der Waals surface area contributed by atoms with Crippen molar-refractivity contribution in [2.45, 2.75) is 17.7 Å². The molecule has 4 nitrogen and oxygen atoms in total. The number of nitrogen functional groups attached to an aromatic ring is 1. The smallest absolute Gasteiger partial charge is 0.180 e. The Morgan fingerprint density at radius 3 is 2.53 bits per heavy atom. The van der Waals surface area contributed by atoms with Crippen LogP contribution >= 0.6 is 0 Å². The summed E-state index contributed by atoms with van der Waals surface area (Å²) in [7, 11) is -3.27. The first-order valence-corrected chi connectivity index (χ1v) is 7.40. The van der Waals surface area contributed by atoms with Gasteiger partial charge >= 0.3 is 0 Å². The van der Waals surface area contributed by atoms with Gasteiger partial charge in [-0.1, -0.05) is 12.1 Å². The first-order valence-electron chi connectivity index (χ1n) is 5.74. The molecule has 0 amide bonds. The van der Waals surface area contributed by atoms with Gasteiger partial charge in [0.25, 0.3) is 0 Å². The largest absolute Gasteiger partial charge is 0.398 e. The van der Waals surface area contributed by atoms with E-state index < -0.39 is 9.84 Å². The normalized spacial score (nSPS) is 18.1. The summed E-state index contributed by atoms with van der Waals surface area (Å²) in [6.07, 6.45) is 1.62. The molecular formula is C12H17NO3S. The molecule has 0 saturated carbocycles. The van der Waals surface area contributed by atoms with Gasteiger partial charge in [-0.3, -0.25) is 0 Å². The number of nitrogens with two attached hydrogens (primary N) is 1. The number of rotatable bonds is 3. The van der Waals surface area contributed by atoms with E-state index in [1.165, 1.54) is 0 Å². The molecule has 17 heavy (non-hydrogen) atoms. The monoisotopic (exact) mass is 255 g/mol. The lowest BCUT2D eigenvalue weighted by molar-refractivity contribution is 0.0723. The summed E-state index contributed by atoms with van der Waals surface area (Å²) < 4.78 is 29.6. The number of ether oxygens (including phenoxy) is 1. The maximum absolute atomic E-state index is 12.2. The fourth-order valence-electron chi connectivity index (χ4n) is 2.08. The minimum atomic E-state index is -3.27. The lowest BCUT2D eigenvalue weighted by atomic mass is 10.0. The Labute approximate surface area is 102 Å². The van der Waals surface area contributed by atoms with Crippen LogP contribution in [0.25, 0.3) is 0 Å². The van der Waals surface area contributed by atoms with Crippen molar-refractivity contribution in [3.63, 3.8) is 0 Å². The summed E-state index contributed by atoms with van der Waals surface area (Å²) in [4.78, 5) is 0.256. The van der Waals surface area contributed by atoms with Gasteiger partial charge in [0, 0.05) is 13.2 Å². The Hall–Kier alpha value is -1.07. The van der Waals surface area contributed by atoms with Gasteiger partial charge in [0.2, 0.25) is 0 Å². The van der Waals surface area contributed by atoms with Crippen LogP contribution in [0.5, 0.6) is 0 Å². The highest BCUT2D eigenvalue weighted by molar-refractivity contribution is 7.91. The predicted octanol–water partition coefficient (Wildman–Crippen LogP) is 1.47. The number of para-hydroxylation sites is 1. The van der Waals surface area contributed by atoms with Crippen LogP contribution in [0.2, 0.25) is 0 Å². The maximum Gasteiger partial charge on any atom is 0.180 e. The summed E-state index contributed by atoms with van der Waals surface area (Å²) in [5, 5.41) is 0. The quantitative estimate of drug-likeness (QED) is 0.830. The van der Waals surface area contributed by atoms with E-state index in [2.05, 4.69) is 0 Å². The van der Waals surface area contributed by atoms with Crippen molar-refractivity contribution in [3.05, 3.63) is 24.3 Å². The molecule has 2 rings (SSSR count). The molecule has 0 bridgehead atoms. The Morgan fingerprint density at radius 2 is 1.88 bits per heavy atom. The molecule has 1 aromatic rings. The molecule has 1 aromatic carbocycles. The number of benzene rings is 1. The molecule has 1 saturated heterocycles. The summed E-state index contributed by atoms with van der Waals surface area (Å²) in [6.45, 7) is 1.31. The topological polar surface area (TPSA) is 69.4 Å². The van der Waals surface area contributed by atoms with E-state index in [1.54, 1.807) is 24.3 Å². The van der Waals surface area contributed by atoms with E-state index in [9.17, 15) is 8.42 Å². The molecule has 0 aromatic heterocycles. The molecule has 1 heterocycles. The van der Waals surface area contributed by atoms with Gasteiger partial charge in [-0.05, 0) is 30.9 Å². The van der Waals surface area contributed by atoms with E-state index >= 15 is 0 Å². The molecule has 0 radical (unpaired) electrons. The summed E-state index contributed by atoms with van der Waals surface area (Å²) in [5.41, 5.74) is 6.04. The Kier molecular flexibility index (Phi) is 3.69. The van der Waals surface area contributed by atoms with Gasteiger partial charge in [0.15, 0.2) is 9.84 Å². The highest BCUT2D eigenvalue weighted by Crippen LogP contribution is 2.24. The van der Waals surface area contributed by atoms with Crippen LogP contribution in [0.4, 0.5) is 5.69 Å². The van der Waals surface area contributed by atoms with Crippen LogP contribution in [0.15, 0.2) is 29.2 Å². The SMILES string of the molecule is Nc1ccccc1S(=O)(=O)CC1CCOCC1. The van der Waals surface area contributed by atoms with Gasteiger partial charge in [-0.15, -0.1) is 0 Å². The van der Waals surface area contributed by atoms with Crippen molar-refractivity contribution in [3.8, 4) is 0 Å². The fourth-order valence-corrected chi connectivity index (χ4v) is 3.92. The molecule has 1 aliphatic heterocycles. The third kappa shape index (κ3) is 2.98. The molecule has 1 aliphatic rings. The van der Waals surface area contributed by atoms with E-state index in [-0.39, 0.29) is 16.6 Å². The minimum absolute atomic E-state index is 0.171. The van der Waals surface area contributed by atoms with Crippen LogP contribution in [-0.4, -0.2) is 27.4 Å². The van der Waals surface area contributed by atoms with Gasteiger partial charge in [0.05, 0.1) is 16.3 Å². The highest BCUT2D eigenvalue weighted by Gasteiger charge is 2.24. The third-order valence-electron chi connectivity index (χ3n) is 3.05. The van der Waals surface area contributed by atoms with Crippen molar-refractivity contribution in [2.24, 2.45) is 5.92 Å². The molecule has 1 fully saturated rings. The van der Waals surface area contributed by atoms with E-state index in [1.807, 2.05) is 0 Å². The molecule has 0 aliphatic carbocycles. The fraction of sp³-hybridized carbons (Fsp3) is 0.500. The summed E-state index contributed by atoms with van der Waals surface area (Å²) in [5.74, 6) is 0.359. The Morgan fingerprint density at radius 1 is 1.24 bits per heavy atom. The van der Waals surface area contributed by atoms with Gasteiger partial charge in [-0.25, -0.2) is 8.42 Å². The van der Waals surface area contributed by atoms with E-state index in [0.29, 0.717) is 18.9 Å². The predicted molar refractivity (Wildman–Crippen MR) is 66.5 cm³/mol. The maximum atomic E-state index is 12.2. The zero-order chi connectivity index (χ0) is 12.3. The molecule has 94 valence electrons. The zero-order valence-corrected chi connectivity index (χ0v) is 10.4. The van der Waals surface area contributed by atoms with Gasteiger partial charge in [-0.2, -0.15) is 0 Å². The lowest BCUT2D eigenvalue weighted by Gasteiger charge is -2.22. The molecule has 5 heteroatoms. The van der Waals surface area contributed by atoms with Crippen molar-refractivity contribution >= 4 is 15.5 Å². The third-order valence-corrected chi connectivity index (χ3v) is 5.00. The number of anilines is 1. The molecule has 0 atom stereocenters. The van der Waals surface area contributed by atoms with E-state index in [4.69, 9.17) is 10.5 Å². The average molecular weight is 255 g/mol.